The minimum absolute atomic E-state index is 0.176. The van der Waals surface area contributed by atoms with Gasteiger partial charge in [-0.05, 0) is 6.92 Å². The van der Waals surface area contributed by atoms with Crippen LogP contribution in [-0.2, 0) is 24.2 Å². The van der Waals surface area contributed by atoms with Gasteiger partial charge in [-0.15, -0.1) is 11.6 Å². The van der Waals surface area contributed by atoms with Crippen LogP contribution in [-0.4, -0.2) is 32.0 Å². The predicted octanol–water partition coefficient (Wildman–Crippen LogP) is 0.912. The van der Waals surface area contributed by atoms with E-state index >= 15 is 0 Å². The zero-order chi connectivity index (χ0) is 13.3. The normalized spacial score (nSPS) is 11.1. The lowest BCUT2D eigenvalue weighted by Gasteiger charge is -2.07. The third-order valence-corrected chi connectivity index (χ3v) is 2.89. The van der Waals surface area contributed by atoms with Crippen LogP contribution in [0.15, 0.2) is 0 Å². The van der Waals surface area contributed by atoms with Crippen molar-refractivity contribution in [1.29, 1.82) is 0 Å². The number of aromatic nitrogens is 4. The van der Waals surface area contributed by atoms with Crippen molar-refractivity contribution >= 4 is 28.9 Å². The number of alkyl halides is 1. The Balaban J connectivity index is 2.36. The fourth-order valence-electron chi connectivity index (χ4n) is 1.95. The van der Waals surface area contributed by atoms with E-state index in [0.717, 1.165) is 22.7 Å². The second-order valence-electron chi connectivity index (χ2n) is 3.86. The summed E-state index contributed by atoms with van der Waals surface area (Å²) < 4.78 is 8.34. The molecular weight excluding hydrogens is 258 g/mol. The first-order valence-electron chi connectivity index (χ1n) is 5.41. The molecule has 2 aromatic heterocycles. The minimum Gasteiger partial charge on any atom is -0.448 e. The van der Waals surface area contributed by atoms with Gasteiger partial charge in [0.2, 0.25) is 0 Å². The van der Waals surface area contributed by atoms with E-state index in [1.165, 1.54) is 0 Å². The van der Waals surface area contributed by atoms with Gasteiger partial charge in [0.05, 0.1) is 18.1 Å². The van der Waals surface area contributed by atoms with Crippen LogP contribution in [0.25, 0.3) is 11.2 Å². The van der Waals surface area contributed by atoms with Crippen molar-refractivity contribution < 1.29 is 9.53 Å². The number of rotatable bonds is 4. The third kappa shape index (κ3) is 2.13. The number of carbonyl (C=O) groups excluding carboxylic acids is 1. The van der Waals surface area contributed by atoms with Crippen molar-refractivity contribution in [2.24, 2.45) is 12.8 Å². The molecule has 0 fully saturated rings. The van der Waals surface area contributed by atoms with Gasteiger partial charge in [-0.3, -0.25) is 4.68 Å². The van der Waals surface area contributed by atoms with Crippen molar-refractivity contribution in [3.05, 3.63) is 11.5 Å². The zero-order valence-electron chi connectivity index (χ0n) is 10.2. The molecule has 2 heterocycles. The molecule has 2 rings (SSSR count). The van der Waals surface area contributed by atoms with Crippen molar-refractivity contribution in [2.45, 2.75) is 19.3 Å². The average molecular weight is 272 g/mol. The van der Waals surface area contributed by atoms with E-state index in [0.29, 0.717) is 6.54 Å². The molecule has 0 aliphatic rings. The molecule has 0 saturated carbocycles. The number of ether oxygens (including phenoxy) is 1. The Morgan fingerprint density at radius 1 is 1.56 bits per heavy atom. The lowest BCUT2D eigenvalue weighted by molar-refractivity contribution is 0.152. The lowest BCUT2D eigenvalue weighted by Crippen LogP contribution is -2.18. The summed E-state index contributed by atoms with van der Waals surface area (Å²) in [5.41, 5.74) is 7.43. The number of halogens is 1. The number of hydrogen-bond donors (Lipinski definition) is 1. The van der Waals surface area contributed by atoms with Crippen LogP contribution in [0, 0.1) is 6.92 Å². The van der Waals surface area contributed by atoms with Crippen LogP contribution < -0.4 is 5.73 Å². The molecule has 0 bridgehead atoms. The van der Waals surface area contributed by atoms with E-state index in [-0.39, 0.29) is 12.5 Å². The SMILES string of the molecule is Cc1nn(C)c2c1nc(CCl)n2CCOC(N)=O. The summed E-state index contributed by atoms with van der Waals surface area (Å²) in [6.45, 7) is 2.51. The lowest BCUT2D eigenvalue weighted by atomic mass is 10.4. The molecule has 0 spiro atoms. The first kappa shape index (κ1) is 12.7. The Bertz CT molecular complexity index is 589. The Kier molecular flexibility index (Phi) is 3.42. The van der Waals surface area contributed by atoms with E-state index < -0.39 is 6.09 Å². The number of primary amides is 1. The number of nitrogens with zero attached hydrogens (tertiary/aromatic N) is 4. The Hall–Kier alpha value is -1.76. The van der Waals surface area contributed by atoms with Gasteiger partial charge < -0.3 is 15.0 Å². The summed E-state index contributed by atoms with van der Waals surface area (Å²) >= 11 is 5.86. The number of fused-ring (bicyclic) bond motifs is 1. The van der Waals surface area contributed by atoms with E-state index in [2.05, 4.69) is 10.1 Å². The standard InChI is InChI=1S/C10H14ClN5O2/c1-6-8-9(15(2)14-6)16(7(5-11)13-8)3-4-18-10(12)17/h3-5H2,1-2H3,(H2,12,17). The second-order valence-corrected chi connectivity index (χ2v) is 4.13. The highest BCUT2D eigenvalue weighted by molar-refractivity contribution is 6.16. The van der Waals surface area contributed by atoms with Gasteiger partial charge in [-0.1, -0.05) is 0 Å². The fraction of sp³-hybridized carbons (Fsp3) is 0.500. The van der Waals surface area contributed by atoms with Crippen LogP contribution in [0.3, 0.4) is 0 Å². The van der Waals surface area contributed by atoms with Gasteiger partial charge in [0.1, 0.15) is 17.9 Å². The highest BCUT2D eigenvalue weighted by Gasteiger charge is 2.16. The first-order valence-corrected chi connectivity index (χ1v) is 5.95. The Labute approximate surface area is 108 Å². The number of imidazole rings is 1. The smallest absolute Gasteiger partial charge is 0.404 e. The predicted molar refractivity (Wildman–Crippen MR) is 66.3 cm³/mol. The van der Waals surface area contributed by atoms with Gasteiger partial charge in [0.15, 0.2) is 5.65 Å². The van der Waals surface area contributed by atoms with E-state index in [1.54, 1.807) is 4.68 Å². The summed E-state index contributed by atoms with van der Waals surface area (Å²) in [5, 5.41) is 4.29. The summed E-state index contributed by atoms with van der Waals surface area (Å²) in [6, 6.07) is 0. The molecule has 0 radical (unpaired) electrons. The summed E-state index contributed by atoms with van der Waals surface area (Å²) in [6.07, 6.45) is -0.792. The highest BCUT2D eigenvalue weighted by atomic mass is 35.5. The average Bonchev–Trinajstić information content (AvgIpc) is 2.79. The molecule has 7 nitrogen and oxygen atoms in total. The summed E-state index contributed by atoms with van der Waals surface area (Å²) in [4.78, 5) is 15.0. The Morgan fingerprint density at radius 3 is 2.89 bits per heavy atom. The number of carbonyl (C=O) groups is 1. The van der Waals surface area contributed by atoms with Crippen LogP contribution in [0.2, 0.25) is 0 Å². The van der Waals surface area contributed by atoms with E-state index in [4.69, 9.17) is 22.1 Å². The number of aryl methyl sites for hydroxylation is 2. The van der Waals surface area contributed by atoms with Crippen LogP contribution in [0.5, 0.6) is 0 Å². The van der Waals surface area contributed by atoms with E-state index in [9.17, 15) is 4.79 Å². The molecule has 8 heteroatoms. The number of hydrogen-bond acceptors (Lipinski definition) is 4. The minimum atomic E-state index is -0.792. The molecule has 0 aliphatic heterocycles. The quantitative estimate of drug-likeness (QED) is 0.837. The largest absolute Gasteiger partial charge is 0.448 e. The van der Waals surface area contributed by atoms with Crippen molar-refractivity contribution in [3.8, 4) is 0 Å². The van der Waals surface area contributed by atoms with Gasteiger partial charge in [0.25, 0.3) is 0 Å². The van der Waals surface area contributed by atoms with Gasteiger partial charge >= 0.3 is 6.09 Å². The molecule has 1 amide bonds. The molecule has 2 N–H and O–H groups in total. The van der Waals surface area contributed by atoms with Crippen LogP contribution in [0.4, 0.5) is 4.79 Å². The molecule has 98 valence electrons. The van der Waals surface area contributed by atoms with Crippen LogP contribution in [0.1, 0.15) is 11.5 Å². The van der Waals surface area contributed by atoms with E-state index in [1.807, 2.05) is 18.5 Å². The maximum absolute atomic E-state index is 10.5. The highest BCUT2D eigenvalue weighted by Crippen LogP contribution is 2.19. The third-order valence-electron chi connectivity index (χ3n) is 2.65. The monoisotopic (exact) mass is 271 g/mol. The fourth-order valence-corrected chi connectivity index (χ4v) is 2.16. The molecule has 0 saturated heterocycles. The van der Waals surface area contributed by atoms with Crippen molar-refractivity contribution in [2.75, 3.05) is 6.61 Å². The van der Waals surface area contributed by atoms with Gasteiger partial charge in [0, 0.05) is 7.05 Å². The molecule has 0 unspecified atom stereocenters. The summed E-state index contributed by atoms with van der Waals surface area (Å²) in [5.74, 6) is 1.00. The molecule has 0 atom stereocenters. The maximum Gasteiger partial charge on any atom is 0.404 e. The number of nitrogens with two attached hydrogens (primary N) is 1. The van der Waals surface area contributed by atoms with Crippen LogP contribution >= 0.6 is 11.6 Å². The molecule has 0 aliphatic carbocycles. The zero-order valence-corrected chi connectivity index (χ0v) is 10.9. The van der Waals surface area contributed by atoms with Gasteiger partial charge in [-0.25, -0.2) is 9.78 Å². The first-order chi connectivity index (χ1) is 8.54. The number of amides is 1. The molecule has 0 aromatic carbocycles. The summed E-state index contributed by atoms with van der Waals surface area (Å²) in [7, 11) is 1.83. The molecular formula is C10H14ClN5O2. The molecule has 18 heavy (non-hydrogen) atoms. The topological polar surface area (TPSA) is 88.0 Å². The second kappa shape index (κ2) is 4.85. The van der Waals surface area contributed by atoms with Crippen molar-refractivity contribution in [3.63, 3.8) is 0 Å². The molecule has 2 aromatic rings. The van der Waals surface area contributed by atoms with Crippen molar-refractivity contribution in [1.82, 2.24) is 19.3 Å². The maximum atomic E-state index is 10.5. The van der Waals surface area contributed by atoms with Gasteiger partial charge in [-0.2, -0.15) is 5.10 Å². The Morgan fingerprint density at radius 2 is 2.28 bits per heavy atom.